The number of hydrogen-bond donors (Lipinski definition) is 1. The SMILES string of the molecule is CCCNC(c1cccc(C)c1)c1cncc(F)c1. The Hall–Kier alpha value is -1.74. The minimum absolute atomic E-state index is 0.0111. The van der Waals surface area contributed by atoms with Crippen LogP contribution in [0.2, 0.25) is 0 Å². The van der Waals surface area contributed by atoms with E-state index < -0.39 is 0 Å². The zero-order chi connectivity index (χ0) is 13.7. The molecular weight excluding hydrogens is 239 g/mol. The molecule has 1 N–H and O–H groups in total. The molecule has 1 unspecified atom stereocenters. The van der Waals surface area contributed by atoms with E-state index in [4.69, 9.17) is 0 Å². The first kappa shape index (κ1) is 13.7. The fourth-order valence-corrected chi connectivity index (χ4v) is 2.15. The van der Waals surface area contributed by atoms with Crippen molar-refractivity contribution in [3.63, 3.8) is 0 Å². The molecule has 0 aliphatic rings. The van der Waals surface area contributed by atoms with Crippen LogP contribution in [0, 0.1) is 12.7 Å². The molecule has 0 saturated heterocycles. The van der Waals surface area contributed by atoms with Gasteiger partial charge in [-0.3, -0.25) is 4.98 Å². The van der Waals surface area contributed by atoms with Crippen LogP contribution in [0.3, 0.4) is 0 Å². The highest BCUT2D eigenvalue weighted by Gasteiger charge is 2.14. The second-order valence-corrected chi connectivity index (χ2v) is 4.74. The quantitative estimate of drug-likeness (QED) is 0.886. The molecule has 0 spiro atoms. The number of aromatic nitrogens is 1. The van der Waals surface area contributed by atoms with Gasteiger partial charge in [-0.2, -0.15) is 0 Å². The van der Waals surface area contributed by atoms with Gasteiger partial charge in [0.1, 0.15) is 5.82 Å². The lowest BCUT2D eigenvalue weighted by atomic mass is 9.98. The van der Waals surface area contributed by atoms with E-state index in [1.165, 1.54) is 11.8 Å². The second kappa shape index (κ2) is 6.43. The molecule has 0 fully saturated rings. The van der Waals surface area contributed by atoms with Gasteiger partial charge in [0, 0.05) is 6.20 Å². The molecule has 19 heavy (non-hydrogen) atoms. The topological polar surface area (TPSA) is 24.9 Å². The van der Waals surface area contributed by atoms with Gasteiger partial charge < -0.3 is 5.32 Å². The molecule has 2 aromatic rings. The van der Waals surface area contributed by atoms with Crippen LogP contribution in [-0.4, -0.2) is 11.5 Å². The maximum absolute atomic E-state index is 13.4. The number of nitrogens with zero attached hydrogens (tertiary/aromatic N) is 1. The zero-order valence-corrected chi connectivity index (χ0v) is 11.4. The molecule has 1 aromatic carbocycles. The molecule has 0 aliphatic carbocycles. The first-order valence-electron chi connectivity index (χ1n) is 6.61. The van der Waals surface area contributed by atoms with Crippen LogP contribution in [-0.2, 0) is 0 Å². The average Bonchev–Trinajstić information content (AvgIpc) is 2.39. The van der Waals surface area contributed by atoms with E-state index in [0.717, 1.165) is 24.1 Å². The largest absolute Gasteiger partial charge is 0.306 e. The summed E-state index contributed by atoms with van der Waals surface area (Å²) in [7, 11) is 0. The number of halogens is 1. The number of benzene rings is 1. The molecule has 100 valence electrons. The number of aryl methyl sites for hydroxylation is 1. The van der Waals surface area contributed by atoms with Gasteiger partial charge in [0.2, 0.25) is 0 Å². The van der Waals surface area contributed by atoms with E-state index in [1.54, 1.807) is 12.3 Å². The van der Waals surface area contributed by atoms with Crippen LogP contribution in [0.25, 0.3) is 0 Å². The smallest absolute Gasteiger partial charge is 0.141 e. The molecule has 0 aliphatic heterocycles. The Morgan fingerprint density at radius 3 is 2.74 bits per heavy atom. The summed E-state index contributed by atoms with van der Waals surface area (Å²) < 4.78 is 13.4. The van der Waals surface area contributed by atoms with Crippen molar-refractivity contribution in [3.05, 3.63) is 65.2 Å². The highest BCUT2D eigenvalue weighted by molar-refractivity contribution is 5.32. The second-order valence-electron chi connectivity index (χ2n) is 4.74. The summed E-state index contributed by atoms with van der Waals surface area (Å²) >= 11 is 0. The van der Waals surface area contributed by atoms with Crippen LogP contribution in [0.15, 0.2) is 42.7 Å². The molecule has 0 amide bonds. The number of nitrogens with one attached hydrogen (secondary N) is 1. The third kappa shape index (κ3) is 3.61. The predicted octanol–water partition coefficient (Wildman–Crippen LogP) is 3.62. The minimum atomic E-state index is -0.298. The molecule has 1 heterocycles. The van der Waals surface area contributed by atoms with Crippen LogP contribution in [0.1, 0.15) is 36.1 Å². The van der Waals surface area contributed by atoms with Gasteiger partial charge >= 0.3 is 0 Å². The van der Waals surface area contributed by atoms with Crippen molar-refractivity contribution >= 4 is 0 Å². The Kier molecular flexibility index (Phi) is 4.63. The lowest BCUT2D eigenvalue weighted by Crippen LogP contribution is -2.23. The molecule has 3 heteroatoms. The summed E-state index contributed by atoms with van der Waals surface area (Å²) in [6.45, 7) is 5.06. The fraction of sp³-hybridized carbons (Fsp3) is 0.312. The summed E-state index contributed by atoms with van der Waals surface area (Å²) in [5, 5.41) is 3.45. The Morgan fingerprint density at radius 1 is 1.21 bits per heavy atom. The lowest BCUT2D eigenvalue weighted by molar-refractivity contribution is 0.580. The Morgan fingerprint density at radius 2 is 2.05 bits per heavy atom. The van der Waals surface area contributed by atoms with E-state index in [1.807, 2.05) is 6.07 Å². The monoisotopic (exact) mass is 258 g/mol. The predicted molar refractivity (Wildman–Crippen MR) is 75.5 cm³/mol. The van der Waals surface area contributed by atoms with Crippen LogP contribution in [0.4, 0.5) is 4.39 Å². The highest BCUT2D eigenvalue weighted by Crippen LogP contribution is 2.22. The first-order valence-corrected chi connectivity index (χ1v) is 6.61. The number of rotatable bonds is 5. The molecule has 1 atom stereocenters. The number of pyridine rings is 1. The average molecular weight is 258 g/mol. The van der Waals surface area contributed by atoms with Crippen molar-refractivity contribution in [3.8, 4) is 0 Å². The van der Waals surface area contributed by atoms with Gasteiger partial charge in [0.25, 0.3) is 0 Å². The van der Waals surface area contributed by atoms with E-state index >= 15 is 0 Å². The summed E-state index contributed by atoms with van der Waals surface area (Å²) in [5.74, 6) is -0.298. The normalized spacial score (nSPS) is 12.4. The molecule has 2 rings (SSSR count). The summed E-state index contributed by atoms with van der Waals surface area (Å²) in [5.41, 5.74) is 3.20. The fourth-order valence-electron chi connectivity index (χ4n) is 2.15. The maximum atomic E-state index is 13.4. The maximum Gasteiger partial charge on any atom is 0.141 e. The molecular formula is C16H19FN2. The lowest BCUT2D eigenvalue weighted by Gasteiger charge is -2.19. The van der Waals surface area contributed by atoms with E-state index in [2.05, 4.69) is 42.3 Å². The van der Waals surface area contributed by atoms with E-state index in [9.17, 15) is 4.39 Å². The summed E-state index contributed by atoms with van der Waals surface area (Å²) in [6.07, 6.45) is 3.99. The Balaban J connectivity index is 2.35. The summed E-state index contributed by atoms with van der Waals surface area (Å²) in [6, 6.07) is 9.80. The van der Waals surface area contributed by atoms with Gasteiger partial charge in [-0.05, 0) is 37.1 Å². The van der Waals surface area contributed by atoms with Gasteiger partial charge in [-0.15, -0.1) is 0 Å². The first-order chi connectivity index (χ1) is 9.20. The molecule has 1 aromatic heterocycles. The molecule has 0 radical (unpaired) electrons. The van der Waals surface area contributed by atoms with Gasteiger partial charge in [0.15, 0.2) is 0 Å². The zero-order valence-electron chi connectivity index (χ0n) is 11.4. The van der Waals surface area contributed by atoms with Crippen LogP contribution in [0.5, 0.6) is 0 Å². The van der Waals surface area contributed by atoms with Gasteiger partial charge in [0.05, 0.1) is 12.2 Å². The van der Waals surface area contributed by atoms with Crippen molar-refractivity contribution in [1.82, 2.24) is 10.3 Å². The van der Waals surface area contributed by atoms with Crippen molar-refractivity contribution in [1.29, 1.82) is 0 Å². The standard InChI is InChI=1S/C16H19FN2/c1-3-7-19-16(13-6-4-5-12(2)8-13)14-9-15(17)11-18-10-14/h4-6,8-11,16,19H,3,7H2,1-2H3. The van der Waals surface area contributed by atoms with Gasteiger partial charge in [-0.25, -0.2) is 4.39 Å². The van der Waals surface area contributed by atoms with Crippen molar-refractivity contribution < 1.29 is 4.39 Å². The van der Waals surface area contributed by atoms with E-state index in [0.29, 0.717) is 0 Å². The molecule has 2 nitrogen and oxygen atoms in total. The number of hydrogen-bond acceptors (Lipinski definition) is 2. The Labute approximate surface area is 113 Å². The molecule has 0 bridgehead atoms. The highest BCUT2D eigenvalue weighted by atomic mass is 19.1. The van der Waals surface area contributed by atoms with Crippen LogP contribution < -0.4 is 5.32 Å². The van der Waals surface area contributed by atoms with E-state index in [-0.39, 0.29) is 11.9 Å². The summed E-state index contributed by atoms with van der Waals surface area (Å²) in [4.78, 5) is 3.95. The van der Waals surface area contributed by atoms with Crippen LogP contribution >= 0.6 is 0 Å². The van der Waals surface area contributed by atoms with Crippen molar-refractivity contribution in [2.45, 2.75) is 26.3 Å². The van der Waals surface area contributed by atoms with Crippen molar-refractivity contribution in [2.75, 3.05) is 6.54 Å². The van der Waals surface area contributed by atoms with Gasteiger partial charge in [-0.1, -0.05) is 36.8 Å². The Bertz CT molecular complexity index is 494. The molecule has 0 saturated carbocycles. The third-order valence-electron chi connectivity index (χ3n) is 3.03. The van der Waals surface area contributed by atoms with Crippen molar-refractivity contribution in [2.24, 2.45) is 0 Å². The third-order valence-corrected chi connectivity index (χ3v) is 3.03. The minimum Gasteiger partial charge on any atom is -0.306 e.